The Hall–Kier alpha value is -1.52. The number of benzene rings is 1. The molecule has 1 aromatic rings. The molecule has 0 spiro atoms. The van der Waals surface area contributed by atoms with Crippen molar-refractivity contribution < 1.29 is 18.0 Å². The summed E-state index contributed by atoms with van der Waals surface area (Å²) in [4.78, 5) is 10.7. The number of hydrogen-bond acceptors (Lipinski definition) is 1. The lowest BCUT2D eigenvalue weighted by molar-refractivity contribution is -0.138. The van der Waals surface area contributed by atoms with Gasteiger partial charge in [-0.15, -0.1) is 0 Å². The standard InChI is InChI=1S/C10H10F3NO/c1-6-3-2-4-8(10(11,12)13)7(6)5-9(14)15/h2-4H,5H2,1H3,(H2,14,15). The first-order valence-electron chi connectivity index (χ1n) is 4.26. The first-order chi connectivity index (χ1) is 6.82. The second kappa shape index (κ2) is 3.92. The fourth-order valence-corrected chi connectivity index (χ4v) is 1.38. The minimum absolute atomic E-state index is 0.0440. The molecule has 0 aliphatic heterocycles. The van der Waals surface area contributed by atoms with E-state index in [4.69, 9.17) is 5.73 Å². The van der Waals surface area contributed by atoms with Crippen LogP contribution in [0.4, 0.5) is 13.2 Å². The second-order valence-corrected chi connectivity index (χ2v) is 3.24. The van der Waals surface area contributed by atoms with Crippen LogP contribution in [0.3, 0.4) is 0 Å². The molecule has 1 aromatic carbocycles. The molecule has 0 aliphatic carbocycles. The van der Waals surface area contributed by atoms with Crippen LogP contribution in [0.1, 0.15) is 16.7 Å². The van der Waals surface area contributed by atoms with Gasteiger partial charge in [-0.1, -0.05) is 12.1 Å². The van der Waals surface area contributed by atoms with Crippen LogP contribution < -0.4 is 5.73 Å². The van der Waals surface area contributed by atoms with Crippen LogP contribution in [0.5, 0.6) is 0 Å². The summed E-state index contributed by atoms with van der Waals surface area (Å²) in [6.45, 7) is 1.52. The van der Waals surface area contributed by atoms with Crippen LogP contribution in [0, 0.1) is 6.92 Å². The molecule has 82 valence electrons. The highest BCUT2D eigenvalue weighted by molar-refractivity contribution is 5.77. The van der Waals surface area contributed by atoms with E-state index in [1.807, 2.05) is 0 Å². The van der Waals surface area contributed by atoms with E-state index in [2.05, 4.69) is 0 Å². The average Bonchev–Trinajstić information content (AvgIpc) is 2.05. The quantitative estimate of drug-likeness (QED) is 0.809. The predicted octanol–water partition coefficient (Wildman–Crippen LogP) is 2.04. The molecular weight excluding hydrogens is 207 g/mol. The fourth-order valence-electron chi connectivity index (χ4n) is 1.38. The molecule has 0 fully saturated rings. The van der Waals surface area contributed by atoms with E-state index in [0.717, 1.165) is 6.07 Å². The maximum Gasteiger partial charge on any atom is 0.416 e. The monoisotopic (exact) mass is 217 g/mol. The number of carbonyl (C=O) groups is 1. The van der Waals surface area contributed by atoms with Crippen molar-refractivity contribution in [3.05, 3.63) is 34.9 Å². The van der Waals surface area contributed by atoms with Gasteiger partial charge in [0.1, 0.15) is 0 Å². The normalized spacial score (nSPS) is 11.5. The van der Waals surface area contributed by atoms with Crippen molar-refractivity contribution in [3.63, 3.8) is 0 Å². The molecular formula is C10H10F3NO. The number of primary amides is 1. The molecule has 0 saturated carbocycles. The molecule has 0 bridgehead atoms. The lowest BCUT2D eigenvalue weighted by atomic mass is 9.98. The molecule has 1 amide bonds. The molecule has 1 rings (SSSR count). The molecule has 0 saturated heterocycles. The van der Waals surface area contributed by atoms with Crippen molar-refractivity contribution in [3.8, 4) is 0 Å². The lowest BCUT2D eigenvalue weighted by Gasteiger charge is -2.13. The summed E-state index contributed by atoms with van der Waals surface area (Å²) in [6, 6.07) is 3.78. The first-order valence-corrected chi connectivity index (χ1v) is 4.26. The van der Waals surface area contributed by atoms with Gasteiger partial charge < -0.3 is 5.73 Å². The maximum absolute atomic E-state index is 12.5. The summed E-state index contributed by atoms with van der Waals surface area (Å²) in [5, 5.41) is 0. The Morgan fingerprint density at radius 3 is 2.47 bits per heavy atom. The highest BCUT2D eigenvalue weighted by atomic mass is 19.4. The highest BCUT2D eigenvalue weighted by Crippen LogP contribution is 2.33. The molecule has 0 atom stereocenters. The second-order valence-electron chi connectivity index (χ2n) is 3.24. The summed E-state index contributed by atoms with van der Waals surface area (Å²) in [7, 11) is 0. The lowest BCUT2D eigenvalue weighted by Crippen LogP contribution is -2.18. The molecule has 0 aromatic heterocycles. The molecule has 0 heterocycles. The van der Waals surface area contributed by atoms with Gasteiger partial charge in [0, 0.05) is 0 Å². The van der Waals surface area contributed by atoms with Crippen LogP contribution in [0.2, 0.25) is 0 Å². The summed E-state index contributed by atoms with van der Waals surface area (Å²) < 4.78 is 37.6. The Morgan fingerprint density at radius 2 is 2.00 bits per heavy atom. The van der Waals surface area contributed by atoms with Crippen LogP contribution in [-0.2, 0) is 17.4 Å². The third kappa shape index (κ3) is 2.71. The van der Waals surface area contributed by atoms with Gasteiger partial charge in [-0.2, -0.15) is 13.2 Å². The number of aryl methyl sites for hydroxylation is 1. The van der Waals surface area contributed by atoms with E-state index in [1.54, 1.807) is 0 Å². The molecule has 2 N–H and O–H groups in total. The molecule has 0 aliphatic rings. The minimum atomic E-state index is -4.45. The number of amides is 1. The first kappa shape index (κ1) is 11.6. The van der Waals surface area contributed by atoms with Crippen molar-refractivity contribution in [2.45, 2.75) is 19.5 Å². The molecule has 0 unspecified atom stereocenters. The van der Waals surface area contributed by atoms with Gasteiger partial charge in [0.2, 0.25) is 5.91 Å². The topological polar surface area (TPSA) is 43.1 Å². The fraction of sp³-hybridized carbons (Fsp3) is 0.300. The molecule has 5 heteroatoms. The SMILES string of the molecule is Cc1cccc(C(F)(F)F)c1CC(N)=O. The summed E-state index contributed by atoms with van der Waals surface area (Å²) >= 11 is 0. The minimum Gasteiger partial charge on any atom is -0.369 e. The van der Waals surface area contributed by atoms with E-state index < -0.39 is 17.6 Å². The molecule has 15 heavy (non-hydrogen) atoms. The zero-order chi connectivity index (χ0) is 11.6. The third-order valence-electron chi connectivity index (χ3n) is 2.07. The molecule has 2 nitrogen and oxygen atoms in total. The summed E-state index contributed by atoms with van der Waals surface area (Å²) in [5.74, 6) is -0.769. The number of alkyl halides is 3. The van der Waals surface area contributed by atoms with Gasteiger partial charge >= 0.3 is 6.18 Å². The van der Waals surface area contributed by atoms with E-state index >= 15 is 0 Å². The van der Waals surface area contributed by atoms with Crippen LogP contribution in [0.25, 0.3) is 0 Å². The summed E-state index contributed by atoms with van der Waals surface area (Å²) in [6.07, 6.45) is -4.84. The van der Waals surface area contributed by atoms with E-state index in [-0.39, 0.29) is 12.0 Å². The Balaban J connectivity index is 3.26. The van der Waals surface area contributed by atoms with E-state index in [1.165, 1.54) is 19.1 Å². The number of rotatable bonds is 2. The van der Waals surface area contributed by atoms with Gasteiger partial charge in [-0.05, 0) is 24.1 Å². The van der Waals surface area contributed by atoms with Gasteiger partial charge in [-0.25, -0.2) is 0 Å². The third-order valence-corrected chi connectivity index (χ3v) is 2.07. The largest absolute Gasteiger partial charge is 0.416 e. The van der Waals surface area contributed by atoms with Crippen LogP contribution >= 0.6 is 0 Å². The number of hydrogen-bond donors (Lipinski definition) is 1. The number of nitrogens with two attached hydrogens (primary N) is 1. The Labute approximate surface area is 84.9 Å². The van der Waals surface area contributed by atoms with Crippen molar-refractivity contribution in [2.24, 2.45) is 5.73 Å². The van der Waals surface area contributed by atoms with Crippen molar-refractivity contribution >= 4 is 5.91 Å². The predicted molar refractivity (Wildman–Crippen MR) is 49.1 cm³/mol. The van der Waals surface area contributed by atoms with Crippen molar-refractivity contribution in [1.29, 1.82) is 0 Å². The van der Waals surface area contributed by atoms with Gasteiger partial charge in [0.15, 0.2) is 0 Å². The van der Waals surface area contributed by atoms with Crippen LogP contribution in [-0.4, -0.2) is 5.91 Å². The van der Waals surface area contributed by atoms with Crippen molar-refractivity contribution in [1.82, 2.24) is 0 Å². The smallest absolute Gasteiger partial charge is 0.369 e. The Morgan fingerprint density at radius 1 is 1.40 bits per heavy atom. The van der Waals surface area contributed by atoms with Gasteiger partial charge in [0.25, 0.3) is 0 Å². The zero-order valence-electron chi connectivity index (χ0n) is 8.06. The van der Waals surface area contributed by atoms with Crippen molar-refractivity contribution in [2.75, 3.05) is 0 Å². The Bertz CT molecular complexity index is 385. The average molecular weight is 217 g/mol. The Kier molecular flexibility index (Phi) is 3.02. The van der Waals surface area contributed by atoms with Gasteiger partial charge in [0.05, 0.1) is 12.0 Å². The van der Waals surface area contributed by atoms with Crippen LogP contribution in [0.15, 0.2) is 18.2 Å². The zero-order valence-corrected chi connectivity index (χ0v) is 8.06. The number of carbonyl (C=O) groups excluding carboxylic acids is 1. The summed E-state index contributed by atoms with van der Waals surface area (Å²) in [5.41, 5.74) is 4.48. The van der Waals surface area contributed by atoms with E-state index in [9.17, 15) is 18.0 Å². The molecule has 0 radical (unpaired) electrons. The number of halogens is 3. The van der Waals surface area contributed by atoms with E-state index in [0.29, 0.717) is 5.56 Å². The highest BCUT2D eigenvalue weighted by Gasteiger charge is 2.33. The maximum atomic E-state index is 12.5. The van der Waals surface area contributed by atoms with Gasteiger partial charge in [-0.3, -0.25) is 4.79 Å².